The summed E-state index contributed by atoms with van der Waals surface area (Å²) in [5.41, 5.74) is 0.594. The summed E-state index contributed by atoms with van der Waals surface area (Å²) in [5.74, 6) is -4.50. The summed E-state index contributed by atoms with van der Waals surface area (Å²) >= 11 is 0. The second-order valence-corrected chi connectivity index (χ2v) is 9.47. The molecule has 1 unspecified atom stereocenters. The highest BCUT2D eigenvalue weighted by Gasteiger charge is 2.42. The standard InChI is InChI=1S/C24H32F4N4O3.ClH/c25-23(26)24(27,28)16-35-20-5-2-1-4-19(20)31-12-10-30(11-13-31)8-3-9-32-21(33)14-17(22(32)34)15-29-18-6-7-18;/h1-2,4-5,17-18,23,29H,3,6-16H2;1H. The van der Waals surface area contributed by atoms with E-state index in [1.807, 2.05) is 4.90 Å². The molecule has 7 nitrogen and oxygen atoms in total. The van der Waals surface area contributed by atoms with Crippen molar-refractivity contribution >= 4 is 29.9 Å². The highest BCUT2D eigenvalue weighted by atomic mass is 35.5. The van der Waals surface area contributed by atoms with Crippen molar-refractivity contribution in [3.8, 4) is 5.75 Å². The van der Waals surface area contributed by atoms with Gasteiger partial charge in [0.15, 0.2) is 6.61 Å². The number of hydrogen-bond acceptors (Lipinski definition) is 6. The van der Waals surface area contributed by atoms with Crippen LogP contribution in [0.3, 0.4) is 0 Å². The number of alkyl halides is 4. The lowest BCUT2D eigenvalue weighted by molar-refractivity contribution is -0.148. The molecule has 0 spiro atoms. The number of halogens is 5. The molecule has 0 radical (unpaired) electrons. The van der Waals surface area contributed by atoms with E-state index in [1.165, 1.54) is 11.0 Å². The number of hydrogen-bond donors (Lipinski definition) is 1. The number of nitrogens with zero attached hydrogens (tertiary/aromatic N) is 3. The summed E-state index contributed by atoms with van der Waals surface area (Å²) in [7, 11) is 0. The molecule has 1 N–H and O–H groups in total. The average Bonchev–Trinajstić information content (AvgIpc) is 3.63. The third-order valence-electron chi connectivity index (χ3n) is 6.74. The van der Waals surface area contributed by atoms with Crippen LogP contribution >= 0.6 is 12.4 Å². The summed E-state index contributed by atoms with van der Waals surface area (Å²) in [5, 5.41) is 3.33. The minimum absolute atomic E-state index is 0. The summed E-state index contributed by atoms with van der Waals surface area (Å²) in [4.78, 5) is 30.4. The first-order chi connectivity index (χ1) is 16.7. The molecule has 202 valence electrons. The molecule has 4 rings (SSSR count). The zero-order chi connectivity index (χ0) is 25.0. The lowest BCUT2D eigenvalue weighted by Gasteiger charge is -2.37. The van der Waals surface area contributed by atoms with Gasteiger partial charge >= 0.3 is 12.3 Å². The molecule has 3 fully saturated rings. The van der Waals surface area contributed by atoms with Gasteiger partial charge in [-0.05, 0) is 37.9 Å². The summed E-state index contributed by atoms with van der Waals surface area (Å²) < 4.78 is 56.5. The predicted octanol–water partition coefficient (Wildman–Crippen LogP) is 3.03. The molecule has 1 aromatic carbocycles. The molecule has 2 heterocycles. The molecular weight excluding hydrogens is 504 g/mol. The maximum Gasteiger partial charge on any atom is 0.340 e. The molecule has 12 heteroatoms. The van der Waals surface area contributed by atoms with E-state index in [0.717, 1.165) is 19.4 Å². The topological polar surface area (TPSA) is 65.1 Å². The van der Waals surface area contributed by atoms with Gasteiger partial charge in [0.05, 0.1) is 11.6 Å². The van der Waals surface area contributed by atoms with Crippen molar-refractivity contribution in [2.24, 2.45) is 5.92 Å². The van der Waals surface area contributed by atoms with E-state index in [4.69, 9.17) is 4.74 Å². The fourth-order valence-electron chi connectivity index (χ4n) is 4.48. The van der Waals surface area contributed by atoms with Crippen LogP contribution in [0, 0.1) is 5.92 Å². The number of rotatable bonds is 12. The average molecular weight is 537 g/mol. The number of likely N-dealkylation sites (tertiary alicyclic amines) is 1. The van der Waals surface area contributed by atoms with Gasteiger partial charge in [-0.15, -0.1) is 12.4 Å². The number of imide groups is 1. The van der Waals surface area contributed by atoms with Gasteiger partial charge in [0.2, 0.25) is 11.8 Å². The molecule has 1 atom stereocenters. The van der Waals surface area contributed by atoms with Gasteiger partial charge in [-0.3, -0.25) is 19.4 Å². The monoisotopic (exact) mass is 536 g/mol. The smallest absolute Gasteiger partial charge is 0.340 e. The zero-order valence-corrected chi connectivity index (χ0v) is 20.8. The Morgan fingerprint density at radius 3 is 2.42 bits per heavy atom. The Morgan fingerprint density at radius 1 is 1.06 bits per heavy atom. The van der Waals surface area contributed by atoms with Crippen molar-refractivity contribution in [2.75, 3.05) is 57.3 Å². The number of piperazine rings is 1. The second-order valence-electron chi connectivity index (χ2n) is 9.47. The van der Waals surface area contributed by atoms with E-state index < -0.39 is 19.0 Å². The van der Waals surface area contributed by atoms with Gasteiger partial charge in [-0.2, -0.15) is 8.78 Å². The van der Waals surface area contributed by atoms with E-state index in [9.17, 15) is 27.2 Å². The second kappa shape index (κ2) is 12.4. The number of para-hydroxylation sites is 2. The summed E-state index contributed by atoms with van der Waals surface area (Å²) in [6.07, 6.45) is -0.544. The lowest BCUT2D eigenvalue weighted by atomic mass is 10.1. The zero-order valence-electron chi connectivity index (χ0n) is 20.0. The quantitative estimate of drug-likeness (QED) is 0.327. The first-order valence-electron chi connectivity index (χ1n) is 12.2. The van der Waals surface area contributed by atoms with Crippen LogP contribution in [0.15, 0.2) is 24.3 Å². The van der Waals surface area contributed by atoms with Crippen LogP contribution in [0.25, 0.3) is 0 Å². The predicted molar refractivity (Wildman–Crippen MR) is 129 cm³/mol. The van der Waals surface area contributed by atoms with Crippen molar-refractivity contribution < 1.29 is 31.9 Å². The van der Waals surface area contributed by atoms with E-state index in [1.54, 1.807) is 18.2 Å². The lowest BCUT2D eigenvalue weighted by Crippen LogP contribution is -2.47. The fourth-order valence-corrected chi connectivity index (χ4v) is 4.48. The first kappa shape index (κ1) is 28.5. The van der Waals surface area contributed by atoms with E-state index in [0.29, 0.717) is 57.4 Å². The van der Waals surface area contributed by atoms with E-state index in [-0.39, 0.29) is 42.3 Å². The Labute approximate surface area is 214 Å². The highest BCUT2D eigenvalue weighted by molar-refractivity contribution is 6.03. The minimum Gasteiger partial charge on any atom is -0.485 e. The highest BCUT2D eigenvalue weighted by Crippen LogP contribution is 2.31. The maximum atomic E-state index is 13.3. The van der Waals surface area contributed by atoms with Crippen molar-refractivity contribution in [2.45, 2.75) is 44.1 Å². The summed E-state index contributed by atoms with van der Waals surface area (Å²) in [6, 6.07) is 7.09. The van der Waals surface area contributed by atoms with Gasteiger partial charge in [0.25, 0.3) is 0 Å². The molecule has 0 bridgehead atoms. The van der Waals surface area contributed by atoms with Crippen molar-refractivity contribution in [3.63, 3.8) is 0 Å². The molecule has 1 aromatic rings. The number of amides is 2. The van der Waals surface area contributed by atoms with Gasteiger partial charge in [0, 0.05) is 51.7 Å². The van der Waals surface area contributed by atoms with E-state index >= 15 is 0 Å². The molecule has 3 aliphatic rings. The Balaban J connectivity index is 0.00000361. The van der Waals surface area contributed by atoms with Crippen LogP contribution in [0.5, 0.6) is 5.75 Å². The molecular formula is C24H33ClF4N4O3. The number of carbonyl (C=O) groups is 2. The van der Waals surface area contributed by atoms with Crippen molar-refractivity contribution in [1.29, 1.82) is 0 Å². The van der Waals surface area contributed by atoms with Crippen LogP contribution in [0.1, 0.15) is 25.7 Å². The van der Waals surface area contributed by atoms with Crippen LogP contribution < -0.4 is 15.0 Å². The van der Waals surface area contributed by atoms with Gasteiger partial charge in [-0.25, -0.2) is 8.78 Å². The third kappa shape index (κ3) is 7.23. The Morgan fingerprint density at radius 2 is 1.75 bits per heavy atom. The fraction of sp³-hybridized carbons (Fsp3) is 0.667. The Kier molecular flexibility index (Phi) is 9.82. The SMILES string of the molecule is Cl.O=C1CC(CNC2CC2)C(=O)N1CCCN1CCN(c2ccccc2OCC(F)(F)C(F)F)CC1. The molecule has 2 amide bonds. The Hall–Kier alpha value is -2.11. The van der Waals surface area contributed by atoms with E-state index in [2.05, 4.69) is 10.2 Å². The molecule has 2 saturated heterocycles. The van der Waals surface area contributed by atoms with Crippen LogP contribution in [0.4, 0.5) is 23.2 Å². The Bertz CT molecular complexity index is 898. The number of benzene rings is 1. The molecule has 36 heavy (non-hydrogen) atoms. The number of nitrogens with one attached hydrogen (secondary N) is 1. The van der Waals surface area contributed by atoms with Crippen LogP contribution in [0.2, 0.25) is 0 Å². The number of carbonyl (C=O) groups excluding carboxylic acids is 2. The van der Waals surface area contributed by atoms with Gasteiger partial charge in [0.1, 0.15) is 5.75 Å². The number of ether oxygens (including phenoxy) is 1. The summed E-state index contributed by atoms with van der Waals surface area (Å²) in [6.45, 7) is 2.96. The third-order valence-corrected chi connectivity index (χ3v) is 6.74. The van der Waals surface area contributed by atoms with Crippen molar-refractivity contribution in [1.82, 2.24) is 15.1 Å². The largest absolute Gasteiger partial charge is 0.485 e. The number of anilines is 1. The molecule has 1 aliphatic carbocycles. The van der Waals surface area contributed by atoms with Crippen molar-refractivity contribution in [3.05, 3.63) is 24.3 Å². The van der Waals surface area contributed by atoms with Crippen LogP contribution in [-0.4, -0.2) is 92.4 Å². The maximum absolute atomic E-state index is 13.3. The first-order valence-corrected chi connectivity index (χ1v) is 12.2. The normalized spacial score (nSPS) is 21.3. The molecule has 0 aromatic heterocycles. The van der Waals surface area contributed by atoms with Gasteiger partial charge < -0.3 is 15.0 Å². The van der Waals surface area contributed by atoms with Crippen LogP contribution in [-0.2, 0) is 9.59 Å². The van der Waals surface area contributed by atoms with Gasteiger partial charge in [-0.1, -0.05) is 12.1 Å². The minimum atomic E-state index is -4.21. The molecule has 1 saturated carbocycles. The molecule has 2 aliphatic heterocycles.